The third kappa shape index (κ3) is 2.29. The summed E-state index contributed by atoms with van der Waals surface area (Å²) < 4.78 is 1.03. The van der Waals surface area contributed by atoms with Crippen LogP contribution in [0.5, 0.6) is 0 Å². The Morgan fingerprint density at radius 2 is 1.95 bits per heavy atom. The number of nitrogens with zero attached hydrogens (tertiary/aromatic N) is 1. The van der Waals surface area contributed by atoms with Crippen molar-refractivity contribution in [2.45, 2.75) is 26.3 Å². The standard InChI is InChI=1S/C15H17NO3S/c1-4-16(15(2,3)14(18)19)13(17)11-9-20-12-8-6-5-7-10(11)12/h5-9H,4H2,1-3H3,(H,18,19). The van der Waals surface area contributed by atoms with E-state index in [1.54, 1.807) is 26.2 Å². The number of hydrogen-bond donors (Lipinski definition) is 1. The Kier molecular flexibility index (Phi) is 3.81. The maximum atomic E-state index is 12.7. The monoisotopic (exact) mass is 291 g/mol. The molecule has 0 aliphatic carbocycles. The average Bonchev–Trinajstić information content (AvgIpc) is 2.82. The van der Waals surface area contributed by atoms with E-state index in [4.69, 9.17) is 0 Å². The molecule has 0 aliphatic heterocycles. The van der Waals surface area contributed by atoms with Crippen molar-refractivity contribution in [2.75, 3.05) is 6.54 Å². The fourth-order valence-electron chi connectivity index (χ4n) is 2.20. The molecule has 0 atom stereocenters. The van der Waals surface area contributed by atoms with Gasteiger partial charge in [0.2, 0.25) is 0 Å². The Labute approximate surface area is 121 Å². The number of thiophene rings is 1. The highest BCUT2D eigenvalue weighted by molar-refractivity contribution is 7.17. The van der Waals surface area contributed by atoms with Crippen LogP contribution in [0, 0.1) is 0 Å². The molecule has 1 aromatic carbocycles. The molecular weight excluding hydrogens is 274 g/mol. The van der Waals surface area contributed by atoms with Gasteiger partial charge in [0.15, 0.2) is 0 Å². The lowest BCUT2D eigenvalue weighted by molar-refractivity contribution is -0.147. The van der Waals surface area contributed by atoms with Crippen LogP contribution in [0.4, 0.5) is 0 Å². The van der Waals surface area contributed by atoms with Gasteiger partial charge < -0.3 is 10.0 Å². The number of fused-ring (bicyclic) bond motifs is 1. The number of carbonyl (C=O) groups excluding carboxylic acids is 1. The molecule has 0 saturated carbocycles. The van der Waals surface area contributed by atoms with Crippen LogP contribution in [-0.4, -0.2) is 34.0 Å². The van der Waals surface area contributed by atoms with Crippen molar-refractivity contribution in [3.05, 3.63) is 35.2 Å². The number of hydrogen-bond acceptors (Lipinski definition) is 3. The number of carbonyl (C=O) groups is 2. The Morgan fingerprint density at radius 3 is 2.55 bits per heavy atom. The fourth-order valence-corrected chi connectivity index (χ4v) is 3.13. The second kappa shape index (κ2) is 5.25. The molecule has 1 N–H and O–H groups in total. The van der Waals surface area contributed by atoms with Crippen molar-refractivity contribution < 1.29 is 14.7 Å². The first-order valence-electron chi connectivity index (χ1n) is 6.41. The Morgan fingerprint density at radius 1 is 1.30 bits per heavy atom. The molecule has 2 aromatic rings. The lowest BCUT2D eigenvalue weighted by atomic mass is 10.0. The van der Waals surface area contributed by atoms with Crippen LogP contribution < -0.4 is 0 Å². The van der Waals surface area contributed by atoms with E-state index in [9.17, 15) is 14.7 Å². The van der Waals surface area contributed by atoms with E-state index in [1.165, 1.54) is 16.2 Å². The first-order chi connectivity index (χ1) is 9.39. The Balaban J connectivity index is 2.46. The fraction of sp³-hybridized carbons (Fsp3) is 0.333. The van der Waals surface area contributed by atoms with Gasteiger partial charge in [-0.3, -0.25) is 4.79 Å². The van der Waals surface area contributed by atoms with Crippen LogP contribution >= 0.6 is 11.3 Å². The number of carboxylic acid groups (broad SMARTS) is 1. The van der Waals surface area contributed by atoms with E-state index in [1.807, 2.05) is 24.3 Å². The molecule has 0 saturated heterocycles. The molecule has 0 radical (unpaired) electrons. The van der Waals surface area contributed by atoms with Crippen LogP contribution in [0.3, 0.4) is 0 Å². The summed E-state index contributed by atoms with van der Waals surface area (Å²) in [4.78, 5) is 25.4. The largest absolute Gasteiger partial charge is 0.480 e. The minimum atomic E-state index is -1.23. The van der Waals surface area contributed by atoms with Crippen LogP contribution in [-0.2, 0) is 4.79 Å². The van der Waals surface area contributed by atoms with Gasteiger partial charge in [-0.25, -0.2) is 4.79 Å². The van der Waals surface area contributed by atoms with Crippen molar-refractivity contribution in [1.29, 1.82) is 0 Å². The lowest BCUT2D eigenvalue weighted by Gasteiger charge is -2.34. The van der Waals surface area contributed by atoms with E-state index < -0.39 is 11.5 Å². The summed E-state index contributed by atoms with van der Waals surface area (Å²) in [7, 11) is 0. The molecule has 4 nitrogen and oxygen atoms in total. The number of carboxylic acids is 1. The topological polar surface area (TPSA) is 57.6 Å². The van der Waals surface area contributed by atoms with Gasteiger partial charge in [0.25, 0.3) is 5.91 Å². The maximum absolute atomic E-state index is 12.7. The van der Waals surface area contributed by atoms with Gasteiger partial charge in [-0.05, 0) is 26.8 Å². The van der Waals surface area contributed by atoms with E-state index in [0.29, 0.717) is 12.1 Å². The lowest BCUT2D eigenvalue weighted by Crippen LogP contribution is -2.52. The summed E-state index contributed by atoms with van der Waals surface area (Å²) in [6.45, 7) is 5.23. The molecule has 1 aromatic heterocycles. The molecule has 0 fully saturated rings. The smallest absolute Gasteiger partial charge is 0.329 e. The van der Waals surface area contributed by atoms with Crippen LogP contribution in [0.2, 0.25) is 0 Å². The van der Waals surface area contributed by atoms with Crippen LogP contribution in [0.15, 0.2) is 29.6 Å². The third-order valence-corrected chi connectivity index (χ3v) is 4.43. The summed E-state index contributed by atoms with van der Waals surface area (Å²) >= 11 is 1.49. The summed E-state index contributed by atoms with van der Waals surface area (Å²) in [6.07, 6.45) is 0. The van der Waals surface area contributed by atoms with E-state index in [0.717, 1.165) is 10.1 Å². The Hall–Kier alpha value is -1.88. The molecule has 5 heteroatoms. The van der Waals surface area contributed by atoms with Crippen LogP contribution in [0.25, 0.3) is 10.1 Å². The first kappa shape index (κ1) is 14.5. The number of likely N-dealkylation sites (N-methyl/N-ethyl adjacent to an activating group) is 1. The third-order valence-electron chi connectivity index (χ3n) is 3.47. The average molecular weight is 291 g/mol. The molecule has 2 rings (SSSR count). The van der Waals surface area contributed by atoms with Gasteiger partial charge in [-0.15, -0.1) is 11.3 Å². The predicted octanol–water partition coefficient (Wildman–Crippen LogP) is 3.23. The number of benzene rings is 1. The second-order valence-corrected chi connectivity index (χ2v) is 5.97. The zero-order chi connectivity index (χ0) is 14.9. The predicted molar refractivity (Wildman–Crippen MR) is 80.3 cm³/mol. The van der Waals surface area contributed by atoms with Crippen molar-refractivity contribution in [2.24, 2.45) is 0 Å². The minimum Gasteiger partial charge on any atom is -0.480 e. The van der Waals surface area contributed by atoms with Crippen molar-refractivity contribution in [1.82, 2.24) is 4.90 Å². The highest BCUT2D eigenvalue weighted by Crippen LogP contribution is 2.28. The Bertz CT molecular complexity index is 660. The summed E-state index contributed by atoms with van der Waals surface area (Å²) in [6, 6.07) is 7.65. The molecule has 0 bridgehead atoms. The number of aliphatic carboxylic acids is 1. The molecule has 0 aliphatic rings. The molecule has 0 spiro atoms. The highest BCUT2D eigenvalue weighted by atomic mass is 32.1. The molecule has 1 heterocycles. The van der Waals surface area contributed by atoms with Crippen molar-refractivity contribution in [3.8, 4) is 0 Å². The van der Waals surface area contributed by atoms with Gasteiger partial charge in [-0.2, -0.15) is 0 Å². The van der Waals surface area contributed by atoms with E-state index in [2.05, 4.69) is 0 Å². The van der Waals surface area contributed by atoms with Gasteiger partial charge in [0.05, 0.1) is 5.56 Å². The quantitative estimate of drug-likeness (QED) is 0.941. The van der Waals surface area contributed by atoms with Gasteiger partial charge in [0.1, 0.15) is 5.54 Å². The molecule has 106 valence electrons. The van der Waals surface area contributed by atoms with Gasteiger partial charge >= 0.3 is 5.97 Å². The van der Waals surface area contributed by atoms with Gasteiger partial charge in [-0.1, -0.05) is 18.2 Å². The minimum absolute atomic E-state index is 0.239. The van der Waals surface area contributed by atoms with Gasteiger partial charge in [0, 0.05) is 22.0 Å². The normalized spacial score (nSPS) is 11.6. The van der Waals surface area contributed by atoms with Crippen molar-refractivity contribution in [3.63, 3.8) is 0 Å². The number of rotatable bonds is 4. The zero-order valence-corrected chi connectivity index (χ0v) is 12.5. The van der Waals surface area contributed by atoms with E-state index >= 15 is 0 Å². The van der Waals surface area contributed by atoms with Crippen molar-refractivity contribution >= 4 is 33.3 Å². The second-order valence-electron chi connectivity index (χ2n) is 5.06. The molecule has 20 heavy (non-hydrogen) atoms. The molecular formula is C15H17NO3S. The van der Waals surface area contributed by atoms with Crippen LogP contribution in [0.1, 0.15) is 31.1 Å². The summed E-state index contributed by atoms with van der Waals surface area (Å²) in [5, 5.41) is 12.0. The SMILES string of the molecule is CCN(C(=O)c1csc2ccccc12)C(C)(C)C(=O)O. The summed E-state index contributed by atoms with van der Waals surface area (Å²) in [5.41, 5.74) is -0.656. The molecule has 1 amide bonds. The maximum Gasteiger partial charge on any atom is 0.329 e. The van der Waals surface area contributed by atoms with E-state index in [-0.39, 0.29) is 5.91 Å². The zero-order valence-electron chi connectivity index (χ0n) is 11.7. The highest BCUT2D eigenvalue weighted by Gasteiger charge is 2.37. The summed E-state index contributed by atoms with van der Waals surface area (Å²) in [5.74, 6) is -1.25. The molecule has 0 unspecified atom stereocenters. The first-order valence-corrected chi connectivity index (χ1v) is 7.29. The number of amides is 1.